The molecule has 1 aromatic heterocycles. The number of Topliss-reactive ketones (excluding diaryl/α,β-unsaturated/α-hetero) is 1. The molecule has 1 aromatic carbocycles. The van der Waals surface area contributed by atoms with Crippen molar-refractivity contribution in [2.75, 3.05) is 25.1 Å². The number of carbonyl (C=O) groups is 6. The van der Waals surface area contributed by atoms with E-state index in [2.05, 4.69) is 10.6 Å². The van der Waals surface area contributed by atoms with E-state index < -0.39 is 48.5 Å². The van der Waals surface area contributed by atoms with Crippen LogP contribution in [0, 0.1) is 6.92 Å². The first kappa shape index (κ1) is 26.0. The SMILES string of the molecule is CCOC(=O)c1c(NC(=O)COC(=O)CN2C(=O)NC3(CCc4ccccc43)C2=O)sc(C(C)=O)c1C. The number of imide groups is 1. The third-order valence-corrected chi connectivity index (χ3v) is 7.58. The Bertz CT molecular complexity index is 1330. The number of rotatable bonds is 8. The first-order valence-corrected chi connectivity index (χ1v) is 12.4. The molecule has 194 valence electrons. The zero-order chi connectivity index (χ0) is 26.9. The van der Waals surface area contributed by atoms with Crippen LogP contribution in [0.4, 0.5) is 9.80 Å². The van der Waals surface area contributed by atoms with Crippen molar-refractivity contribution in [1.82, 2.24) is 10.2 Å². The van der Waals surface area contributed by atoms with Crippen molar-refractivity contribution in [3.63, 3.8) is 0 Å². The first-order chi connectivity index (χ1) is 17.6. The molecule has 1 atom stereocenters. The van der Waals surface area contributed by atoms with E-state index in [9.17, 15) is 28.8 Å². The van der Waals surface area contributed by atoms with Crippen LogP contribution in [0.25, 0.3) is 0 Å². The Morgan fingerprint density at radius 3 is 2.59 bits per heavy atom. The van der Waals surface area contributed by atoms with E-state index in [1.165, 1.54) is 6.92 Å². The molecule has 1 unspecified atom stereocenters. The molecule has 0 radical (unpaired) electrons. The van der Waals surface area contributed by atoms with Crippen LogP contribution in [0.5, 0.6) is 0 Å². The molecule has 1 saturated heterocycles. The summed E-state index contributed by atoms with van der Waals surface area (Å²) in [4.78, 5) is 75.9. The predicted octanol–water partition coefficient (Wildman–Crippen LogP) is 2.31. The zero-order valence-electron chi connectivity index (χ0n) is 20.5. The van der Waals surface area contributed by atoms with Crippen LogP contribution in [0.15, 0.2) is 24.3 Å². The number of ketones is 1. The number of benzene rings is 1. The standard InChI is InChI=1S/C25H25N3O8S/c1-4-35-22(32)19-13(2)20(14(3)29)37-21(19)26-17(30)12-36-18(31)11-28-23(33)25(27-24(28)34)10-9-15-7-5-6-8-16(15)25/h5-8H,4,9-12H2,1-3H3,(H,26,30)(H,27,34). The van der Waals surface area contributed by atoms with E-state index in [1.54, 1.807) is 26.0 Å². The molecular formula is C25H25N3O8S. The fraction of sp³-hybridized carbons (Fsp3) is 0.360. The minimum absolute atomic E-state index is 0.0539. The fourth-order valence-electron chi connectivity index (χ4n) is 4.60. The first-order valence-electron chi connectivity index (χ1n) is 11.6. The van der Waals surface area contributed by atoms with Crippen LogP contribution in [-0.2, 0) is 35.8 Å². The van der Waals surface area contributed by atoms with Gasteiger partial charge in [0.2, 0.25) is 0 Å². The molecule has 37 heavy (non-hydrogen) atoms. The lowest BCUT2D eigenvalue weighted by Crippen LogP contribution is -2.42. The number of hydrogen-bond donors (Lipinski definition) is 2. The highest BCUT2D eigenvalue weighted by Crippen LogP contribution is 2.41. The van der Waals surface area contributed by atoms with Crippen LogP contribution >= 0.6 is 11.3 Å². The van der Waals surface area contributed by atoms with Crippen molar-refractivity contribution in [3.05, 3.63) is 51.4 Å². The number of esters is 2. The van der Waals surface area contributed by atoms with Crippen molar-refractivity contribution in [2.45, 2.75) is 39.2 Å². The minimum atomic E-state index is -1.21. The molecule has 1 aliphatic heterocycles. The number of fused-ring (bicyclic) bond motifs is 2. The number of ether oxygens (including phenoxy) is 2. The molecule has 0 bridgehead atoms. The van der Waals surface area contributed by atoms with Gasteiger partial charge in [-0.05, 0) is 50.3 Å². The van der Waals surface area contributed by atoms with Gasteiger partial charge in [0.05, 0.1) is 17.0 Å². The summed E-state index contributed by atoms with van der Waals surface area (Å²) in [6, 6.07) is 6.59. The fourth-order valence-corrected chi connectivity index (χ4v) is 5.71. The van der Waals surface area contributed by atoms with Crippen molar-refractivity contribution in [1.29, 1.82) is 0 Å². The molecule has 2 N–H and O–H groups in total. The van der Waals surface area contributed by atoms with Gasteiger partial charge in [-0.2, -0.15) is 0 Å². The zero-order valence-corrected chi connectivity index (χ0v) is 21.3. The topological polar surface area (TPSA) is 148 Å². The Hall–Kier alpha value is -4.06. The Balaban J connectivity index is 1.39. The second kappa shape index (κ2) is 10.1. The third kappa shape index (κ3) is 4.71. The number of thiophene rings is 1. The van der Waals surface area contributed by atoms with Gasteiger partial charge in [0.1, 0.15) is 17.1 Å². The summed E-state index contributed by atoms with van der Waals surface area (Å²) < 4.78 is 10.0. The molecule has 2 aliphatic rings. The maximum atomic E-state index is 13.1. The van der Waals surface area contributed by atoms with E-state index in [0.29, 0.717) is 24.0 Å². The van der Waals surface area contributed by atoms with Gasteiger partial charge < -0.3 is 20.1 Å². The summed E-state index contributed by atoms with van der Waals surface area (Å²) >= 11 is 0.914. The van der Waals surface area contributed by atoms with Crippen molar-refractivity contribution >= 4 is 51.9 Å². The summed E-state index contributed by atoms with van der Waals surface area (Å²) in [5, 5.41) is 5.28. The van der Waals surface area contributed by atoms with Crippen LogP contribution < -0.4 is 10.6 Å². The Labute approximate surface area is 216 Å². The number of carbonyl (C=O) groups excluding carboxylic acids is 6. The Morgan fingerprint density at radius 2 is 1.89 bits per heavy atom. The maximum absolute atomic E-state index is 13.1. The second-order valence-corrected chi connectivity index (χ2v) is 9.65. The molecule has 4 rings (SSSR count). The van der Waals surface area contributed by atoms with Gasteiger partial charge in [-0.15, -0.1) is 11.3 Å². The van der Waals surface area contributed by atoms with Crippen LogP contribution in [0.1, 0.15) is 57.0 Å². The van der Waals surface area contributed by atoms with Gasteiger partial charge in [0.25, 0.3) is 11.8 Å². The lowest BCUT2D eigenvalue weighted by Gasteiger charge is -2.22. The van der Waals surface area contributed by atoms with Gasteiger partial charge in [0.15, 0.2) is 12.4 Å². The van der Waals surface area contributed by atoms with Gasteiger partial charge >= 0.3 is 18.0 Å². The lowest BCUT2D eigenvalue weighted by atomic mass is 9.92. The van der Waals surface area contributed by atoms with Gasteiger partial charge in [-0.1, -0.05) is 24.3 Å². The highest BCUT2D eigenvalue weighted by Gasteiger charge is 2.55. The number of amides is 4. The molecule has 2 aromatic rings. The average Bonchev–Trinajstić information content (AvgIpc) is 3.46. The maximum Gasteiger partial charge on any atom is 0.341 e. The molecule has 4 amide bonds. The van der Waals surface area contributed by atoms with Crippen molar-refractivity contribution < 1.29 is 38.2 Å². The number of nitrogens with zero attached hydrogens (tertiary/aromatic N) is 1. The summed E-state index contributed by atoms with van der Waals surface area (Å²) in [5.74, 6) is -3.25. The van der Waals surface area contributed by atoms with Crippen LogP contribution in [0.2, 0.25) is 0 Å². The molecule has 12 heteroatoms. The van der Waals surface area contributed by atoms with E-state index in [0.717, 1.165) is 21.8 Å². The number of hydrogen-bond acceptors (Lipinski definition) is 9. The molecule has 1 spiro atoms. The summed E-state index contributed by atoms with van der Waals surface area (Å²) in [5.41, 5.74) is 0.885. The number of aryl methyl sites for hydroxylation is 1. The van der Waals surface area contributed by atoms with Gasteiger partial charge in [0, 0.05) is 0 Å². The lowest BCUT2D eigenvalue weighted by molar-refractivity contribution is -0.150. The summed E-state index contributed by atoms with van der Waals surface area (Å²) in [6.07, 6.45) is 0.998. The number of urea groups is 1. The highest BCUT2D eigenvalue weighted by molar-refractivity contribution is 7.18. The van der Waals surface area contributed by atoms with E-state index >= 15 is 0 Å². The Kier molecular flexibility index (Phi) is 7.12. The monoisotopic (exact) mass is 527 g/mol. The minimum Gasteiger partial charge on any atom is -0.462 e. The van der Waals surface area contributed by atoms with Crippen LogP contribution in [0.3, 0.4) is 0 Å². The highest BCUT2D eigenvalue weighted by atomic mass is 32.1. The number of anilines is 1. The molecule has 0 saturated carbocycles. The molecular weight excluding hydrogens is 502 g/mol. The molecule has 11 nitrogen and oxygen atoms in total. The van der Waals surface area contributed by atoms with E-state index in [4.69, 9.17) is 9.47 Å². The van der Waals surface area contributed by atoms with Crippen molar-refractivity contribution in [3.8, 4) is 0 Å². The largest absolute Gasteiger partial charge is 0.462 e. The van der Waals surface area contributed by atoms with Crippen LogP contribution in [-0.4, -0.2) is 60.2 Å². The molecule has 1 fully saturated rings. The molecule has 1 aliphatic carbocycles. The third-order valence-electron chi connectivity index (χ3n) is 6.27. The summed E-state index contributed by atoms with van der Waals surface area (Å²) in [7, 11) is 0. The van der Waals surface area contributed by atoms with Crippen molar-refractivity contribution in [2.24, 2.45) is 0 Å². The van der Waals surface area contributed by atoms with Gasteiger partial charge in [-0.3, -0.25) is 24.1 Å². The second-order valence-electron chi connectivity index (χ2n) is 8.63. The number of nitrogens with one attached hydrogen (secondary N) is 2. The Morgan fingerprint density at radius 1 is 1.16 bits per heavy atom. The predicted molar refractivity (Wildman–Crippen MR) is 131 cm³/mol. The molecule has 2 heterocycles. The summed E-state index contributed by atoms with van der Waals surface area (Å²) in [6.45, 7) is 3.24. The van der Waals surface area contributed by atoms with E-state index in [-0.39, 0.29) is 27.8 Å². The average molecular weight is 528 g/mol. The normalized spacial score (nSPS) is 18.0. The van der Waals surface area contributed by atoms with E-state index in [1.807, 2.05) is 12.1 Å². The van der Waals surface area contributed by atoms with Gasteiger partial charge in [-0.25, -0.2) is 9.59 Å². The smallest absolute Gasteiger partial charge is 0.341 e. The quantitative estimate of drug-likeness (QED) is 0.302.